The van der Waals surface area contributed by atoms with Crippen LogP contribution in [0, 0.1) is 6.92 Å². The molecule has 0 radical (unpaired) electrons. The number of benzene rings is 1. The van der Waals surface area contributed by atoms with Gasteiger partial charge in [0.05, 0.1) is 6.10 Å². The van der Waals surface area contributed by atoms with Crippen LogP contribution in [0.1, 0.15) is 37.3 Å². The average Bonchev–Trinajstić information content (AvgIpc) is 2.18. The summed E-state index contributed by atoms with van der Waals surface area (Å²) >= 11 is 0. The van der Waals surface area contributed by atoms with Crippen LogP contribution in [-0.2, 0) is 6.42 Å². The Labute approximate surface area is 86.8 Å². The van der Waals surface area contributed by atoms with E-state index in [0.29, 0.717) is 0 Å². The van der Waals surface area contributed by atoms with Gasteiger partial charge in [-0.3, -0.25) is 0 Å². The molecule has 0 heterocycles. The molecule has 0 aliphatic carbocycles. The molecule has 1 heteroatoms. The Balaban J connectivity index is 2.39. The van der Waals surface area contributed by atoms with E-state index in [4.69, 9.17) is 0 Å². The quantitative estimate of drug-likeness (QED) is 0.760. The van der Waals surface area contributed by atoms with Gasteiger partial charge >= 0.3 is 0 Å². The molecule has 1 aromatic rings. The number of aliphatic hydroxyl groups excluding tert-OH is 1. The number of unbranched alkanes of at least 4 members (excludes halogenated alkanes) is 1. The standard InChI is InChI=1S/C13H20O/c1-3-4-5-13(14)10-12-8-6-11(2)7-9-12/h6-9,13-14H,3-5,10H2,1-2H3/t13-/m0/s1. The molecule has 0 saturated heterocycles. The van der Waals surface area contributed by atoms with E-state index in [0.717, 1.165) is 25.7 Å². The Kier molecular flexibility index (Phi) is 4.68. The molecule has 0 amide bonds. The minimum Gasteiger partial charge on any atom is -0.393 e. The lowest BCUT2D eigenvalue weighted by atomic mass is 10.0. The van der Waals surface area contributed by atoms with Crippen molar-refractivity contribution in [2.24, 2.45) is 0 Å². The van der Waals surface area contributed by atoms with Crippen LogP contribution in [0.5, 0.6) is 0 Å². The van der Waals surface area contributed by atoms with Gasteiger partial charge in [0, 0.05) is 0 Å². The van der Waals surface area contributed by atoms with E-state index in [2.05, 4.69) is 38.1 Å². The lowest BCUT2D eigenvalue weighted by molar-refractivity contribution is 0.162. The molecule has 1 N–H and O–H groups in total. The van der Waals surface area contributed by atoms with Gasteiger partial charge in [-0.2, -0.15) is 0 Å². The second-order valence-electron chi connectivity index (χ2n) is 3.99. The average molecular weight is 192 g/mol. The van der Waals surface area contributed by atoms with Crippen LogP contribution in [0.15, 0.2) is 24.3 Å². The highest BCUT2D eigenvalue weighted by Crippen LogP contribution is 2.09. The minimum atomic E-state index is -0.169. The fourth-order valence-corrected chi connectivity index (χ4v) is 1.54. The zero-order valence-corrected chi connectivity index (χ0v) is 9.16. The van der Waals surface area contributed by atoms with Crippen molar-refractivity contribution in [1.82, 2.24) is 0 Å². The second-order valence-corrected chi connectivity index (χ2v) is 3.99. The summed E-state index contributed by atoms with van der Waals surface area (Å²) in [6.07, 6.45) is 3.82. The van der Waals surface area contributed by atoms with E-state index >= 15 is 0 Å². The Morgan fingerprint density at radius 3 is 2.43 bits per heavy atom. The van der Waals surface area contributed by atoms with Crippen LogP contribution < -0.4 is 0 Å². The summed E-state index contributed by atoms with van der Waals surface area (Å²) in [5.41, 5.74) is 2.51. The van der Waals surface area contributed by atoms with Crippen molar-refractivity contribution in [2.75, 3.05) is 0 Å². The molecule has 1 rings (SSSR count). The fourth-order valence-electron chi connectivity index (χ4n) is 1.54. The summed E-state index contributed by atoms with van der Waals surface area (Å²) in [5, 5.41) is 9.70. The molecule has 0 aromatic heterocycles. The highest BCUT2D eigenvalue weighted by molar-refractivity contribution is 5.21. The Bertz CT molecular complexity index is 250. The molecule has 1 aromatic carbocycles. The van der Waals surface area contributed by atoms with E-state index < -0.39 is 0 Å². The SMILES string of the molecule is CCCC[C@H](O)Cc1ccc(C)cc1. The maximum atomic E-state index is 9.70. The third-order valence-electron chi connectivity index (χ3n) is 2.48. The lowest BCUT2D eigenvalue weighted by Gasteiger charge is -2.09. The molecular weight excluding hydrogens is 172 g/mol. The Morgan fingerprint density at radius 1 is 1.21 bits per heavy atom. The van der Waals surface area contributed by atoms with Gasteiger partial charge in [-0.25, -0.2) is 0 Å². The van der Waals surface area contributed by atoms with E-state index in [1.807, 2.05) is 0 Å². The molecule has 0 unspecified atom stereocenters. The summed E-state index contributed by atoms with van der Waals surface area (Å²) in [6.45, 7) is 4.23. The van der Waals surface area contributed by atoms with Crippen LogP contribution in [0.3, 0.4) is 0 Å². The second kappa shape index (κ2) is 5.82. The maximum absolute atomic E-state index is 9.70. The molecule has 0 saturated carbocycles. The number of rotatable bonds is 5. The van der Waals surface area contributed by atoms with Crippen molar-refractivity contribution < 1.29 is 5.11 Å². The van der Waals surface area contributed by atoms with E-state index in [-0.39, 0.29) is 6.10 Å². The number of aliphatic hydroxyl groups is 1. The van der Waals surface area contributed by atoms with E-state index in [1.165, 1.54) is 11.1 Å². The molecule has 0 fully saturated rings. The molecule has 1 atom stereocenters. The van der Waals surface area contributed by atoms with Crippen molar-refractivity contribution in [3.8, 4) is 0 Å². The number of hydrogen-bond acceptors (Lipinski definition) is 1. The van der Waals surface area contributed by atoms with Gasteiger partial charge in [0.25, 0.3) is 0 Å². The molecule has 0 aliphatic heterocycles. The van der Waals surface area contributed by atoms with Gasteiger partial charge in [-0.05, 0) is 25.3 Å². The maximum Gasteiger partial charge on any atom is 0.0580 e. The highest BCUT2D eigenvalue weighted by Gasteiger charge is 2.04. The van der Waals surface area contributed by atoms with Crippen molar-refractivity contribution >= 4 is 0 Å². The van der Waals surface area contributed by atoms with Gasteiger partial charge in [0.15, 0.2) is 0 Å². The molecule has 0 spiro atoms. The molecule has 0 bridgehead atoms. The van der Waals surface area contributed by atoms with Crippen LogP contribution in [0.2, 0.25) is 0 Å². The third kappa shape index (κ3) is 3.93. The number of hydrogen-bond donors (Lipinski definition) is 1. The number of aryl methyl sites for hydroxylation is 1. The van der Waals surface area contributed by atoms with E-state index in [9.17, 15) is 5.11 Å². The normalized spacial score (nSPS) is 12.8. The predicted molar refractivity (Wildman–Crippen MR) is 60.4 cm³/mol. The fraction of sp³-hybridized carbons (Fsp3) is 0.538. The van der Waals surface area contributed by atoms with Gasteiger partial charge < -0.3 is 5.11 Å². The zero-order chi connectivity index (χ0) is 10.4. The van der Waals surface area contributed by atoms with Gasteiger partial charge in [-0.15, -0.1) is 0 Å². The zero-order valence-electron chi connectivity index (χ0n) is 9.16. The molecule has 1 nitrogen and oxygen atoms in total. The predicted octanol–water partition coefficient (Wildman–Crippen LogP) is 3.09. The van der Waals surface area contributed by atoms with Gasteiger partial charge in [0.2, 0.25) is 0 Å². The first kappa shape index (κ1) is 11.3. The van der Waals surface area contributed by atoms with Crippen molar-refractivity contribution in [1.29, 1.82) is 0 Å². The molecular formula is C13H20O. The van der Waals surface area contributed by atoms with Gasteiger partial charge in [-0.1, -0.05) is 49.6 Å². The Morgan fingerprint density at radius 2 is 1.86 bits per heavy atom. The summed E-state index contributed by atoms with van der Waals surface area (Å²) in [4.78, 5) is 0. The monoisotopic (exact) mass is 192 g/mol. The summed E-state index contributed by atoms with van der Waals surface area (Å²) in [5.74, 6) is 0. The van der Waals surface area contributed by atoms with Crippen LogP contribution in [0.4, 0.5) is 0 Å². The summed E-state index contributed by atoms with van der Waals surface area (Å²) < 4.78 is 0. The third-order valence-corrected chi connectivity index (χ3v) is 2.48. The summed E-state index contributed by atoms with van der Waals surface area (Å²) in [7, 11) is 0. The lowest BCUT2D eigenvalue weighted by Crippen LogP contribution is -2.09. The smallest absolute Gasteiger partial charge is 0.0580 e. The van der Waals surface area contributed by atoms with Crippen molar-refractivity contribution in [3.05, 3.63) is 35.4 Å². The van der Waals surface area contributed by atoms with Crippen molar-refractivity contribution in [2.45, 2.75) is 45.6 Å². The largest absolute Gasteiger partial charge is 0.393 e. The van der Waals surface area contributed by atoms with Crippen LogP contribution in [0.25, 0.3) is 0 Å². The molecule has 14 heavy (non-hydrogen) atoms. The van der Waals surface area contributed by atoms with Crippen molar-refractivity contribution in [3.63, 3.8) is 0 Å². The molecule has 0 aliphatic rings. The highest BCUT2D eigenvalue weighted by atomic mass is 16.3. The first-order valence-corrected chi connectivity index (χ1v) is 5.46. The molecule has 78 valence electrons. The van der Waals surface area contributed by atoms with E-state index in [1.54, 1.807) is 0 Å². The first-order chi connectivity index (χ1) is 6.72. The summed E-state index contributed by atoms with van der Waals surface area (Å²) in [6, 6.07) is 8.40. The van der Waals surface area contributed by atoms with Gasteiger partial charge in [0.1, 0.15) is 0 Å². The Hall–Kier alpha value is -0.820. The van der Waals surface area contributed by atoms with Crippen LogP contribution >= 0.6 is 0 Å². The first-order valence-electron chi connectivity index (χ1n) is 5.46. The minimum absolute atomic E-state index is 0.169. The van der Waals surface area contributed by atoms with Crippen LogP contribution in [-0.4, -0.2) is 11.2 Å². The topological polar surface area (TPSA) is 20.2 Å².